The van der Waals surface area contributed by atoms with Gasteiger partial charge in [0, 0.05) is 24.0 Å². The van der Waals surface area contributed by atoms with Crippen molar-refractivity contribution in [1.29, 1.82) is 0 Å². The first-order valence-corrected chi connectivity index (χ1v) is 6.30. The lowest BCUT2D eigenvalue weighted by atomic mass is 10.1. The van der Waals surface area contributed by atoms with Gasteiger partial charge in [0.25, 0.3) is 5.91 Å². The number of hydrogen-bond acceptors (Lipinski definition) is 4. The van der Waals surface area contributed by atoms with Gasteiger partial charge >= 0.3 is 0 Å². The van der Waals surface area contributed by atoms with Crippen molar-refractivity contribution in [3.8, 4) is 0 Å². The van der Waals surface area contributed by atoms with Crippen LogP contribution in [0.3, 0.4) is 0 Å². The molecule has 118 valence electrons. The van der Waals surface area contributed by atoms with E-state index in [1.165, 1.54) is 0 Å². The number of aromatic nitrogens is 3. The number of nitrogens with one attached hydrogen (secondary N) is 3. The molecule has 2 rings (SSSR count). The van der Waals surface area contributed by atoms with Crippen molar-refractivity contribution < 1.29 is 4.79 Å². The molecule has 0 spiro atoms. The zero-order valence-electron chi connectivity index (χ0n) is 12.5. The van der Waals surface area contributed by atoms with Crippen LogP contribution < -0.4 is 10.6 Å². The fourth-order valence-electron chi connectivity index (χ4n) is 1.92. The number of rotatable bonds is 4. The third kappa shape index (κ3) is 4.30. The molecule has 0 bridgehead atoms. The number of H-pyrrole nitrogens is 1. The number of hydrogen-bond donors (Lipinski definition) is 3. The van der Waals surface area contributed by atoms with Crippen molar-refractivity contribution in [2.75, 3.05) is 13.6 Å². The molecule has 2 heterocycles. The summed E-state index contributed by atoms with van der Waals surface area (Å²) in [7, 11) is 1.87. The molecule has 2 aromatic heterocycles. The molecular formula is C13H21Cl2N5O. The number of nitrogens with zero attached hydrogens (tertiary/aromatic N) is 2. The maximum absolute atomic E-state index is 12.3. The maximum atomic E-state index is 12.3. The second kappa shape index (κ2) is 8.17. The van der Waals surface area contributed by atoms with Gasteiger partial charge in [-0.2, -0.15) is 5.10 Å². The van der Waals surface area contributed by atoms with Crippen LogP contribution in [0.5, 0.6) is 0 Å². The first kappa shape index (κ1) is 19.6. The lowest BCUT2D eigenvalue weighted by molar-refractivity contribution is 0.0952. The van der Waals surface area contributed by atoms with Crippen LogP contribution in [-0.2, 0) is 0 Å². The van der Waals surface area contributed by atoms with Crippen LogP contribution in [0.15, 0.2) is 6.07 Å². The normalized spacial score (nSPS) is 11.4. The number of carbonyl (C=O) groups is 1. The van der Waals surface area contributed by atoms with Crippen molar-refractivity contribution in [3.63, 3.8) is 0 Å². The van der Waals surface area contributed by atoms with Crippen LogP contribution in [0, 0.1) is 13.8 Å². The second-order valence-corrected chi connectivity index (χ2v) is 4.76. The number of likely N-dealkylation sites (N-methyl/N-ethyl adjacent to an activating group) is 1. The maximum Gasteiger partial charge on any atom is 0.252 e. The lowest BCUT2D eigenvalue weighted by Gasteiger charge is -2.12. The fourth-order valence-corrected chi connectivity index (χ4v) is 1.92. The summed E-state index contributed by atoms with van der Waals surface area (Å²) in [5, 5.41) is 13.8. The van der Waals surface area contributed by atoms with Crippen molar-refractivity contribution in [3.05, 3.63) is 23.0 Å². The molecule has 2 aromatic rings. The number of pyridine rings is 1. The van der Waals surface area contributed by atoms with E-state index in [-0.39, 0.29) is 36.8 Å². The van der Waals surface area contributed by atoms with Gasteiger partial charge in [-0.05, 0) is 33.9 Å². The zero-order valence-corrected chi connectivity index (χ0v) is 14.1. The van der Waals surface area contributed by atoms with E-state index >= 15 is 0 Å². The average molecular weight is 334 g/mol. The van der Waals surface area contributed by atoms with Crippen molar-refractivity contribution in [2.24, 2.45) is 0 Å². The standard InChI is InChI=1S/C13H19N5O.2ClH/c1-7-5-10(13(19)15-6-8(2)14-4)11-9(3)17-18-12(11)16-7;;/h5,8,14H,6H2,1-4H3,(H,15,19)(H,16,17,18);2*1H. The summed E-state index contributed by atoms with van der Waals surface area (Å²) in [6, 6.07) is 2.03. The van der Waals surface area contributed by atoms with Gasteiger partial charge in [0.15, 0.2) is 5.65 Å². The summed E-state index contributed by atoms with van der Waals surface area (Å²) in [5.74, 6) is -0.0953. The zero-order chi connectivity index (χ0) is 14.0. The van der Waals surface area contributed by atoms with Gasteiger partial charge in [0.2, 0.25) is 0 Å². The Kier molecular flexibility index (Phi) is 7.63. The fraction of sp³-hybridized carbons (Fsp3) is 0.462. The van der Waals surface area contributed by atoms with E-state index in [9.17, 15) is 4.79 Å². The summed E-state index contributed by atoms with van der Waals surface area (Å²) in [6.45, 7) is 6.33. The Morgan fingerprint density at radius 2 is 2.05 bits per heavy atom. The van der Waals surface area contributed by atoms with Crippen LogP contribution in [0.1, 0.15) is 28.7 Å². The summed E-state index contributed by atoms with van der Waals surface area (Å²) in [4.78, 5) is 16.6. The predicted octanol–water partition coefficient (Wildman–Crippen LogP) is 1.76. The molecular weight excluding hydrogens is 313 g/mol. The minimum atomic E-state index is -0.0953. The Morgan fingerprint density at radius 3 is 2.67 bits per heavy atom. The molecule has 0 radical (unpaired) electrons. The van der Waals surface area contributed by atoms with E-state index in [0.29, 0.717) is 17.8 Å². The predicted molar refractivity (Wildman–Crippen MR) is 88.7 cm³/mol. The van der Waals surface area contributed by atoms with Crippen molar-refractivity contribution in [2.45, 2.75) is 26.8 Å². The highest BCUT2D eigenvalue weighted by Crippen LogP contribution is 2.19. The molecule has 1 unspecified atom stereocenters. The first-order chi connectivity index (χ1) is 9.02. The molecule has 1 atom stereocenters. The highest BCUT2D eigenvalue weighted by atomic mass is 35.5. The van der Waals surface area contributed by atoms with Crippen LogP contribution in [-0.4, -0.2) is 40.7 Å². The summed E-state index contributed by atoms with van der Waals surface area (Å²) < 4.78 is 0. The number of aryl methyl sites for hydroxylation is 2. The molecule has 3 N–H and O–H groups in total. The van der Waals surface area contributed by atoms with Crippen LogP contribution >= 0.6 is 24.8 Å². The first-order valence-electron chi connectivity index (χ1n) is 6.30. The number of fused-ring (bicyclic) bond motifs is 1. The summed E-state index contributed by atoms with van der Waals surface area (Å²) in [5.41, 5.74) is 2.85. The molecule has 0 aliphatic rings. The smallest absolute Gasteiger partial charge is 0.252 e. The van der Waals surface area contributed by atoms with Gasteiger partial charge < -0.3 is 10.6 Å². The molecule has 0 aliphatic heterocycles. The molecule has 0 saturated heterocycles. The highest BCUT2D eigenvalue weighted by Gasteiger charge is 2.16. The lowest BCUT2D eigenvalue weighted by Crippen LogP contribution is -2.37. The monoisotopic (exact) mass is 333 g/mol. The molecule has 0 aliphatic carbocycles. The van der Waals surface area contributed by atoms with Crippen LogP contribution in [0.25, 0.3) is 11.0 Å². The van der Waals surface area contributed by atoms with Gasteiger partial charge in [-0.3, -0.25) is 9.89 Å². The number of aromatic amines is 1. The van der Waals surface area contributed by atoms with E-state index < -0.39 is 0 Å². The van der Waals surface area contributed by atoms with Crippen LogP contribution in [0.2, 0.25) is 0 Å². The topological polar surface area (TPSA) is 82.7 Å². The molecule has 0 aromatic carbocycles. The van der Waals surface area contributed by atoms with Crippen LogP contribution in [0.4, 0.5) is 0 Å². The van der Waals surface area contributed by atoms with E-state index in [1.807, 2.05) is 27.8 Å². The molecule has 8 heteroatoms. The Bertz CT molecular complexity index is 614. The summed E-state index contributed by atoms with van der Waals surface area (Å²) >= 11 is 0. The van der Waals surface area contributed by atoms with E-state index in [1.54, 1.807) is 6.07 Å². The largest absolute Gasteiger partial charge is 0.350 e. The van der Waals surface area contributed by atoms with Crippen molar-refractivity contribution in [1.82, 2.24) is 25.8 Å². The Hall–Kier alpha value is -1.37. The minimum Gasteiger partial charge on any atom is -0.350 e. The number of halogens is 2. The number of carbonyl (C=O) groups excluding carboxylic acids is 1. The molecule has 6 nitrogen and oxygen atoms in total. The van der Waals surface area contributed by atoms with Gasteiger partial charge in [-0.1, -0.05) is 0 Å². The minimum absolute atomic E-state index is 0. The van der Waals surface area contributed by atoms with Crippen molar-refractivity contribution >= 4 is 41.8 Å². The molecule has 1 amide bonds. The number of amides is 1. The summed E-state index contributed by atoms with van der Waals surface area (Å²) in [6.07, 6.45) is 0. The quantitative estimate of drug-likeness (QED) is 0.796. The van der Waals surface area contributed by atoms with Gasteiger partial charge in [-0.15, -0.1) is 24.8 Å². The van der Waals surface area contributed by atoms with Gasteiger partial charge in [-0.25, -0.2) is 4.98 Å². The molecule has 0 fully saturated rings. The third-order valence-corrected chi connectivity index (χ3v) is 3.14. The Labute approximate surface area is 136 Å². The van der Waals surface area contributed by atoms with E-state index in [2.05, 4.69) is 25.8 Å². The second-order valence-electron chi connectivity index (χ2n) is 4.76. The van der Waals surface area contributed by atoms with Gasteiger partial charge in [0.1, 0.15) is 0 Å². The molecule has 0 saturated carbocycles. The third-order valence-electron chi connectivity index (χ3n) is 3.14. The molecule has 21 heavy (non-hydrogen) atoms. The highest BCUT2D eigenvalue weighted by molar-refractivity contribution is 6.06. The Balaban J connectivity index is 0.00000200. The SMILES string of the molecule is CNC(C)CNC(=O)c1cc(C)nc2n[nH]c(C)c12.Cl.Cl. The average Bonchev–Trinajstić information content (AvgIpc) is 2.76. The Morgan fingerprint density at radius 1 is 1.38 bits per heavy atom. The van der Waals surface area contributed by atoms with E-state index in [0.717, 1.165) is 16.8 Å². The van der Waals surface area contributed by atoms with E-state index in [4.69, 9.17) is 0 Å². The van der Waals surface area contributed by atoms with Gasteiger partial charge in [0.05, 0.1) is 10.9 Å².